The van der Waals surface area contributed by atoms with Gasteiger partial charge in [0, 0.05) is 18.3 Å². The molecule has 0 fully saturated rings. The summed E-state index contributed by atoms with van der Waals surface area (Å²) < 4.78 is 31.9. The number of ether oxygens (including phenoxy) is 1. The van der Waals surface area contributed by atoms with E-state index in [-0.39, 0.29) is 28.8 Å². The number of amides is 1. The third kappa shape index (κ3) is 5.17. The molecule has 0 saturated heterocycles. The highest BCUT2D eigenvalue weighted by atomic mass is 35.5. The van der Waals surface area contributed by atoms with Crippen LogP contribution in [0.3, 0.4) is 0 Å². The second-order valence-corrected chi connectivity index (χ2v) is 7.83. The molecule has 1 heterocycles. The number of rotatable bonds is 8. The monoisotopic (exact) mass is 397 g/mol. The van der Waals surface area contributed by atoms with Gasteiger partial charge in [0.05, 0.1) is 25.4 Å². The highest BCUT2D eigenvalue weighted by Crippen LogP contribution is 2.29. The lowest BCUT2D eigenvalue weighted by atomic mass is 10.3. The summed E-state index contributed by atoms with van der Waals surface area (Å²) in [5.41, 5.74) is 0.680. The smallest absolute Gasteiger partial charge is 0.247 e. The summed E-state index contributed by atoms with van der Waals surface area (Å²) in [7, 11) is -2.62. The Morgan fingerprint density at radius 3 is 2.73 bits per heavy atom. The lowest BCUT2D eigenvalue weighted by Gasteiger charge is -2.19. The van der Waals surface area contributed by atoms with E-state index in [9.17, 15) is 13.2 Å². The maximum absolute atomic E-state index is 12.8. The van der Waals surface area contributed by atoms with Crippen molar-refractivity contribution in [3.8, 4) is 5.75 Å². The number of carbonyl (C=O) groups excluding carboxylic acids is 1. The third-order valence-electron chi connectivity index (χ3n) is 3.45. The van der Waals surface area contributed by atoms with Gasteiger partial charge in [0.25, 0.3) is 0 Å². The molecule has 0 atom stereocenters. The van der Waals surface area contributed by atoms with E-state index in [1.165, 1.54) is 19.2 Å². The molecule has 0 aliphatic heterocycles. The summed E-state index contributed by atoms with van der Waals surface area (Å²) in [4.78, 5) is 16.1. The quantitative estimate of drug-likeness (QED) is 0.736. The highest BCUT2D eigenvalue weighted by molar-refractivity contribution is 7.89. The van der Waals surface area contributed by atoms with Gasteiger partial charge in [-0.25, -0.2) is 8.42 Å². The van der Waals surface area contributed by atoms with Crippen LogP contribution >= 0.6 is 11.6 Å². The molecule has 2 rings (SSSR count). The standard InChI is InChI=1S/C17H20ClN3O4S/c1-3-25-15-8-7-13(18)10-16(15)26(23,24)21(2)12-17(22)20-11-14-6-4-5-9-19-14/h4-10H,3,11-12H2,1-2H3,(H,20,22). The van der Waals surface area contributed by atoms with Crippen molar-refractivity contribution in [1.29, 1.82) is 0 Å². The van der Waals surface area contributed by atoms with Crippen molar-refractivity contribution in [1.82, 2.24) is 14.6 Å². The molecular weight excluding hydrogens is 378 g/mol. The van der Waals surface area contributed by atoms with Crippen LogP contribution in [0, 0.1) is 0 Å². The molecule has 0 aliphatic rings. The van der Waals surface area contributed by atoms with E-state index in [0.717, 1.165) is 4.31 Å². The number of nitrogens with one attached hydrogen (secondary N) is 1. The molecule has 0 spiro atoms. The summed E-state index contributed by atoms with van der Waals surface area (Å²) in [5, 5.41) is 2.90. The fraction of sp³-hybridized carbons (Fsp3) is 0.294. The van der Waals surface area contributed by atoms with E-state index in [1.54, 1.807) is 37.4 Å². The second-order valence-electron chi connectivity index (χ2n) is 5.38. The van der Waals surface area contributed by atoms with Gasteiger partial charge < -0.3 is 10.1 Å². The summed E-state index contributed by atoms with van der Waals surface area (Å²) in [6.07, 6.45) is 1.62. The van der Waals surface area contributed by atoms with Crippen molar-refractivity contribution in [2.24, 2.45) is 0 Å². The Hall–Kier alpha value is -2.16. The fourth-order valence-electron chi connectivity index (χ4n) is 2.16. The van der Waals surface area contributed by atoms with Crippen molar-refractivity contribution < 1.29 is 17.9 Å². The molecule has 1 N–H and O–H groups in total. The minimum Gasteiger partial charge on any atom is -0.492 e. The van der Waals surface area contributed by atoms with Gasteiger partial charge in [-0.05, 0) is 37.3 Å². The Labute approximate surface area is 158 Å². The minimum atomic E-state index is -3.94. The van der Waals surface area contributed by atoms with Gasteiger partial charge >= 0.3 is 0 Å². The Balaban J connectivity index is 2.09. The topological polar surface area (TPSA) is 88.6 Å². The lowest BCUT2D eigenvalue weighted by Crippen LogP contribution is -2.38. The van der Waals surface area contributed by atoms with Crippen molar-refractivity contribution in [2.45, 2.75) is 18.4 Å². The van der Waals surface area contributed by atoms with Gasteiger partial charge in [0.2, 0.25) is 15.9 Å². The Bertz CT molecular complexity index is 860. The minimum absolute atomic E-state index is 0.0770. The zero-order valence-corrected chi connectivity index (χ0v) is 16.0. The molecule has 1 aromatic carbocycles. The molecule has 7 nitrogen and oxygen atoms in total. The third-order valence-corrected chi connectivity index (χ3v) is 5.51. The lowest BCUT2D eigenvalue weighted by molar-refractivity contribution is -0.121. The fourth-order valence-corrected chi connectivity index (χ4v) is 3.68. The number of hydrogen-bond acceptors (Lipinski definition) is 5. The zero-order chi connectivity index (χ0) is 19.2. The number of hydrogen-bond donors (Lipinski definition) is 1. The molecule has 0 bridgehead atoms. The SMILES string of the molecule is CCOc1ccc(Cl)cc1S(=O)(=O)N(C)CC(=O)NCc1ccccn1. The Kier molecular flexibility index (Phi) is 6.96. The average Bonchev–Trinajstić information content (AvgIpc) is 2.62. The van der Waals surface area contributed by atoms with Crippen LogP contribution < -0.4 is 10.1 Å². The van der Waals surface area contributed by atoms with Gasteiger partial charge in [-0.15, -0.1) is 0 Å². The molecular formula is C17H20ClN3O4S. The van der Waals surface area contributed by atoms with Crippen LogP contribution in [0.4, 0.5) is 0 Å². The molecule has 140 valence electrons. The largest absolute Gasteiger partial charge is 0.492 e. The van der Waals surface area contributed by atoms with Crippen molar-refractivity contribution in [2.75, 3.05) is 20.2 Å². The van der Waals surface area contributed by atoms with E-state index in [0.29, 0.717) is 12.3 Å². The van der Waals surface area contributed by atoms with E-state index in [4.69, 9.17) is 16.3 Å². The van der Waals surface area contributed by atoms with Gasteiger partial charge in [-0.2, -0.15) is 4.31 Å². The first-order chi connectivity index (χ1) is 12.3. The molecule has 0 aliphatic carbocycles. The van der Waals surface area contributed by atoms with E-state index < -0.39 is 15.9 Å². The molecule has 1 amide bonds. The summed E-state index contributed by atoms with van der Waals surface area (Å²) in [5.74, 6) is -0.251. The van der Waals surface area contributed by atoms with Crippen LogP contribution in [-0.2, 0) is 21.4 Å². The number of sulfonamides is 1. The number of carbonyl (C=O) groups is 1. The predicted molar refractivity (Wildman–Crippen MR) is 98.5 cm³/mol. The van der Waals surface area contributed by atoms with Crippen LogP contribution in [-0.4, -0.2) is 43.8 Å². The molecule has 26 heavy (non-hydrogen) atoms. The number of halogens is 1. The molecule has 2 aromatic rings. The number of nitrogens with zero attached hydrogens (tertiary/aromatic N) is 2. The molecule has 0 saturated carbocycles. The average molecular weight is 398 g/mol. The van der Waals surface area contributed by atoms with E-state index in [1.807, 2.05) is 0 Å². The normalized spacial score (nSPS) is 11.4. The van der Waals surface area contributed by atoms with Crippen LogP contribution in [0.2, 0.25) is 5.02 Å². The number of pyridine rings is 1. The van der Waals surface area contributed by atoms with E-state index >= 15 is 0 Å². The van der Waals surface area contributed by atoms with Gasteiger partial charge in [0.1, 0.15) is 10.6 Å². The highest BCUT2D eigenvalue weighted by Gasteiger charge is 2.27. The molecule has 9 heteroatoms. The van der Waals surface area contributed by atoms with Crippen molar-refractivity contribution in [3.05, 3.63) is 53.3 Å². The second kappa shape index (κ2) is 8.98. The van der Waals surface area contributed by atoms with Crippen LogP contribution in [0.15, 0.2) is 47.5 Å². The number of likely N-dealkylation sites (N-methyl/N-ethyl adjacent to an activating group) is 1. The van der Waals surface area contributed by atoms with Crippen LogP contribution in [0.5, 0.6) is 5.75 Å². The van der Waals surface area contributed by atoms with Gasteiger partial charge in [-0.1, -0.05) is 17.7 Å². The molecule has 0 radical (unpaired) electrons. The zero-order valence-electron chi connectivity index (χ0n) is 14.5. The van der Waals surface area contributed by atoms with E-state index in [2.05, 4.69) is 10.3 Å². The van der Waals surface area contributed by atoms with Gasteiger partial charge in [-0.3, -0.25) is 9.78 Å². The molecule has 0 unspecified atom stereocenters. The summed E-state index contributed by atoms with van der Waals surface area (Å²) in [6, 6.07) is 9.69. The van der Waals surface area contributed by atoms with Crippen LogP contribution in [0.25, 0.3) is 0 Å². The maximum Gasteiger partial charge on any atom is 0.247 e. The number of aromatic nitrogens is 1. The summed E-state index contributed by atoms with van der Waals surface area (Å²) in [6.45, 7) is 1.93. The molecule has 1 aromatic heterocycles. The first-order valence-electron chi connectivity index (χ1n) is 7.90. The van der Waals surface area contributed by atoms with Crippen molar-refractivity contribution >= 4 is 27.5 Å². The van der Waals surface area contributed by atoms with Gasteiger partial charge in [0.15, 0.2) is 0 Å². The first-order valence-corrected chi connectivity index (χ1v) is 9.71. The first kappa shape index (κ1) is 20.2. The Morgan fingerprint density at radius 2 is 2.08 bits per heavy atom. The Morgan fingerprint density at radius 1 is 1.31 bits per heavy atom. The summed E-state index contributed by atoms with van der Waals surface area (Å²) >= 11 is 5.93. The number of benzene rings is 1. The predicted octanol–water partition coefficient (Wildman–Crippen LogP) is 2.07. The maximum atomic E-state index is 12.8. The van der Waals surface area contributed by atoms with Crippen LogP contribution in [0.1, 0.15) is 12.6 Å². The van der Waals surface area contributed by atoms with Crippen molar-refractivity contribution in [3.63, 3.8) is 0 Å².